The number of nitrogens with zero attached hydrogens (tertiary/aromatic N) is 6. The number of nitrogen functional groups attached to an aromatic ring is 1. The molecule has 4 N–H and O–H groups in total. The third-order valence-electron chi connectivity index (χ3n) is 6.18. The van der Waals surface area contributed by atoms with Crippen LogP contribution in [0, 0.1) is 6.92 Å². The van der Waals surface area contributed by atoms with E-state index in [0.29, 0.717) is 39.9 Å². The van der Waals surface area contributed by atoms with Crippen molar-refractivity contribution >= 4 is 34.5 Å². The highest BCUT2D eigenvalue weighted by molar-refractivity contribution is 5.99. The molecule has 0 radical (unpaired) electrons. The third kappa shape index (κ3) is 5.17. The van der Waals surface area contributed by atoms with Crippen LogP contribution in [0.1, 0.15) is 37.9 Å². The second-order valence-electron chi connectivity index (χ2n) is 10.2. The summed E-state index contributed by atoms with van der Waals surface area (Å²) >= 11 is 0. The maximum absolute atomic E-state index is 13.0. The van der Waals surface area contributed by atoms with Crippen molar-refractivity contribution < 1.29 is 18.0 Å². The summed E-state index contributed by atoms with van der Waals surface area (Å²) in [6, 6.07) is 12.8. The number of carbonyl (C=O) groups excluding carboxylic acids is 1. The quantitative estimate of drug-likeness (QED) is 0.258. The van der Waals surface area contributed by atoms with Crippen molar-refractivity contribution in [1.29, 1.82) is 0 Å². The van der Waals surface area contributed by atoms with Gasteiger partial charge in [0.15, 0.2) is 17.0 Å². The van der Waals surface area contributed by atoms with Gasteiger partial charge in [0.2, 0.25) is 0 Å². The van der Waals surface area contributed by atoms with E-state index >= 15 is 0 Å². The van der Waals surface area contributed by atoms with Crippen molar-refractivity contribution in [3.05, 3.63) is 78.0 Å². The molecule has 0 atom stereocenters. The first-order chi connectivity index (χ1) is 18.8. The molecule has 5 aromatic rings. The Labute approximate surface area is 227 Å². The first kappa shape index (κ1) is 26.7. The lowest BCUT2D eigenvalue weighted by atomic mass is 9.92. The number of halogens is 3. The number of rotatable bonds is 4. The number of nitrogens with one attached hydrogen (secondary N) is 2. The Hall–Kier alpha value is -4.94. The number of aromatic nitrogens is 6. The fourth-order valence-electron chi connectivity index (χ4n) is 4.13. The molecule has 3 aromatic heterocycles. The van der Waals surface area contributed by atoms with Gasteiger partial charge in [-0.3, -0.25) is 9.88 Å². The second kappa shape index (κ2) is 9.67. The zero-order valence-electron chi connectivity index (χ0n) is 22.1. The van der Waals surface area contributed by atoms with Gasteiger partial charge >= 0.3 is 12.2 Å². The number of imidazole rings is 1. The first-order valence-electron chi connectivity index (χ1n) is 12.2. The smallest absolute Gasteiger partial charge is 0.382 e. The van der Waals surface area contributed by atoms with Gasteiger partial charge < -0.3 is 11.1 Å². The minimum absolute atomic E-state index is 0.284. The van der Waals surface area contributed by atoms with Crippen molar-refractivity contribution in [2.45, 2.75) is 39.3 Å². The molecule has 0 unspecified atom stereocenters. The van der Waals surface area contributed by atoms with E-state index < -0.39 is 17.8 Å². The van der Waals surface area contributed by atoms with Crippen LogP contribution in [0.4, 0.5) is 35.3 Å². The number of aryl methyl sites for hydroxylation is 1. The highest BCUT2D eigenvalue weighted by atomic mass is 19.4. The number of nitrogens with two attached hydrogens (primary N) is 1. The number of amides is 2. The maximum atomic E-state index is 13.0. The highest BCUT2D eigenvalue weighted by Crippen LogP contribution is 2.31. The lowest BCUT2D eigenvalue weighted by Crippen LogP contribution is -2.21. The predicted molar refractivity (Wildman–Crippen MR) is 146 cm³/mol. The minimum atomic E-state index is -4.46. The molecule has 206 valence electrons. The number of alkyl halides is 3. The van der Waals surface area contributed by atoms with Crippen molar-refractivity contribution in [2.75, 3.05) is 16.4 Å². The highest BCUT2D eigenvalue weighted by Gasteiger charge is 2.30. The Morgan fingerprint density at radius 1 is 0.925 bits per heavy atom. The molecule has 10 nitrogen and oxygen atoms in total. The van der Waals surface area contributed by atoms with Crippen molar-refractivity contribution in [3.8, 4) is 11.4 Å². The van der Waals surface area contributed by atoms with Gasteiger partial charge in [0, 0.05) is 22.9 Å². The Morgan fingerprint density at radius 2 is 1.57 bits per heavy atom. The van der Waals surface area contributed by atoms with E-state index in [1.807, 2.05) is 32.3 Å². The molecule has 0 fully saturated rings. The summed E-state index contributed by atoms with van der Waals surface area (Å²) in [7, 11) is 0. The van der Waals surface area contributed by atoms with Gasteiger partial charge in [-0.15, -0.1) is 0 Å². The van der Waals surface area contributed by atoms with E-state index in [4.69, 9.17) is 5.73 Å². The summed E-state index contributed by atoms with van der Waals surface area (Å²) < 4.78 is 42.4. The lowest BCUT2D eigenvalue weighted by Gasteiger charge is -2.14. The molecule has 0 saturated carbocycles. The number of carbonyl (C=O) groups is 1. The van der Waals surface area contributed by atoms with Gasteiger partial charge in [0.05, 0.1) is 16.9 Å². The fourth-order valence-corrected chi connectivity index (χ4v) is 4.13. The Morgan fingerprint density at radius 3 is 2.20 bits per heavy atom. The topological polar surface area (TPSA) is 129 Å². The molecule has 2 aromatic carbocycles. The third-order valence-corrected chi connectivity index (χ3v) is 6.18. The van der Waals surface area contributed by atoms with Crippen molar-refractivity contribution in [1.82, 2.24) is 29.3 Å². The van der Waals surface area contributed by atoms with Crippen molar-refractivity contribution in [2.24, 2.45) is 0 Å². The standard InChI is InChI=1S/C27H26F3N9O/c1-15-34-22-23(31)32-14-33-24(22)38(15)18-11-7-17(8-12-18)35-25(40)36-21-13-20(26(2,3)4)37-39(21)19-9-5-16(6-10-19)27(28,29)30/h5-14H,1-4H3,(H2,31,32,33)(H2,35,36,40). The molecule has 0 saturated heterocycles. The Balaban J connectivity index is 1.37. The van der Waals surface area contributed by atoms with Crippen LogP contribution in [0.25, 0.3) is 22.5 Å². The number of urea groups is 1. The van der Waals surface area contributed by atoms with Crippen LogP contribution in [-0.4, -0.2) is 35.3 Å². The molecule has 0 aliphatic heterocycles. The number of hydrogen-bond acceptors (Lipinski definition) is 6. The zero-order valence-corrected chi connectivity index (χ0v) is 22.1. The molecule has 2 amide bonds. The second-order valence-corrected chi connectivity index (χ2v) is 10.2. The zero-order chi connectivity index (χ0) is 28.8. The van der Waals surface area contributed by atoms with E-state index in [-0.39, 0.29) is 11.2 Å². The maximum Gasteiger partial charge on any atom is 0.416 e. The van der Waals surface area contributed by atoms with Crippen molar-refractivity contribution in [3.63, 3.8) is 0 Å². The van der Waals surface area contributed by atoms with Crippen LogP contribution in [0.3, 0.4) is 0 Å². The summed E-state index contributed by atoms with van der Waals surface area (Å²) in [6.45, 7) is 7.67. The molecule has 0 aliphatic rings. The average molecular weight is 550 g/mol. The van der Waals surface area contributed by atoms with Gasteiger partial charge in [-0.2, -0.15) is 18.3 Å². The normalized spacial score (nSPS) is 12.1. The fraction of sp³-hybridized carbons (Fsp3) is 0.222. The molecule has 0 aliphatic carbocycles. The van der Waals surface area contributed by atoms with E-state index in [2.05, 4.69) is 30.7 Å². The van der Waals surface area contributed by atoms with E-state index in [0.717, 1.165) is 17.8 Å². The summed E-state index contributed by atoms with van der Waals surface area (Å²) in [5.41, 5.74) is 8.14. The van der Waals surface area contributed by atoms with Crippen LogP contribution >= 0.6 is 0 Å². The molecule has 0 bridgehead atoms. The number of benzene rings is 2. The summed E-state index contributed by atoms with van der Waals surface area (Å²) in [6.07, 6.45) is -3.09. The molecular weight excluding hydrogens is 523 g/mol. The molecule has 0 spiro atoms. The van der Waals surface area contributed by atoms with E-state index in [1.54, 1.807) is 30.3 Å². The summed E-state index contributed by atoms with van der Waals surface area (Å²) in [4.78, 5) is 25.6. The van der Waals surface area contributed by atoms with Crippen LogP contribution in [0.5, 0.6) is 0 Å². The van der Waals surface area contributed by atoms with Crippen LogP contribution in [-0.2, 0) is 11.6 Å². The monoisotopic (exact) mass is 549 g/mol. The molecule has 40 heavy (non-hydrogen) atoms. The van der Waals surface area contributed by atoms with Gasteiger partial charge in [-0.1, -0.05) is 20.8 Å². The SMILES string of the molecule is Cc1nc2c(N)ncnc2n1-c1ccc(NC(=O)Nc2cc(C(C)(C)C)nn2-c2ccc(C(F)(F)F)cc2)cc1. The minimum Gasteiger partial charge on any atom is -0.382 e. The first-order valence-corrected chi connectivity index (χ1v) is 12.2. The van der Waals surface area contributed by atoms with Gasteiger partial charge in [-0.05, 0) is 55.5 Å². The molecule has 3 heterocycles. The Kier molecular flexibility index (Phi) is 6.44. The van der Waals surface area contributed by atoms with E-state index in [1.165, 1.54) is 23.1 Å². The lowest BCUT2D eigenvalue weighted by molar-refractivity contribution is -0.137. The largest absolute Gasteiger partial charge is 0.416 e. The Bertz CT molecular complexity index is 1700. The predicted octanol–water partition coefficient (Wildman–Crippen LogP) is 5.85. The van der Waals surface area contributed by atoms with Gasteiger partial charge in [0.25, 0.3) is 0 Å². The average Bonchev–Trinajstić information content (AvgIpc) is 3.46. The molecular formula is C27H26F3N9O. The van der Waals surface area contributed by atoms with Gasteiger partial charge in [0.1, 0.15) is 18.0 Å². The molecule has 5 rings (SSSR count). The summed E-state index contributed by atoms with van der Waals surface area (Å²) in [5.74, 6) is 1.26. The number of hydrogen-bond donors (Lipinski definition) is 3. The number of anilines is 3. The van der Waals surface area contributed by atoms with Crippen LogP contribution < -0.4 is 16.4 Å². The van der Waals surface area contributed by atoms with Gasteiger partial charge in [-0.25, -0.2) is 24.4 Å². The van der Waals surface area contributed by atoms with Crippen LogP contribution in [0.2, 0.25) is 0 Å². The molecule has 13 heteroatoms. The van der Waals surface area contributed by atoms with E-state index in [9.17, 15) is 18.0 Å². The van der Waals surface area contributed by atoms with Crippen LogP contribution in [0.15, 0.2) is 60.9 Å². The number of fused-ring (bicyclic) bond motifs is 1. The summed E-state index contributed by atoms with van der Waals surface area (Å²) in [5, 5.41) is 10.1.